The Morgan fingerprint density at radius 1 is 0.917 bits per heavy atom. The van der Waals surface area contributed by atoms with Gasteiger partial charge in [-0.3, -0.25) is 4.68 Å². The summed E-state index contributed by atoms with van der Waals surface area (Å²) in [5.41, 5.74) is 4.92. The van der Waals surface area contributed by atoms with Crippen LogP contribution < -0.4 is 19.5 Å². The second-order valence-electron chi connectivity index (χ2n) is 8.40. The van der Waals surface area contributed by atoms with E-state index in [1.54, 1.807) is 21.3 Å². The molecule has 0 aliphatic carbocycles. The Balaban J connectivity index is 1.69. The summed E-state index contributed by atoms with van der Waals surface area (Å²) < 4.78 is 18.3. The van der Waals surface area contributed by atoms with Crippen LogP contribution in [-0.4, -0.2) is 47.6 Å². The first kappa shape index (κ1) is 25.0. The predicted octanol–water partition coefficient (Wildman–Crippen LogP) is 5.17. The van der Waals surface area contributed by atoms with Crippen LogP contribution in [0.4, 0.5) is 5.82 Å². The van der Waals surface area contributed by atoms with Gasteiger partial charge in [-0.2, -0.15) is 5.10 Å². The first-order valence-corrected chi connectivity index (χ1v) is 12.1. The Labute approximate surface area is 211 Å². The third-order valence-corrected chi connectivity index (χ3v) is 5.92. The molecule has 0 saturated heterocycles. The van der Waals surface area contributed by atoms with Crippen LogP contribution in [0, 0.1) is 0 Å². The van der Waals surface area contributed by atoms with E-state index >= 15 is 0 Å². The highest BCUT2D eigenvalue weighted by atomic mass is 16.5. The molecule has 2 aromatic heterocycles. The third kappa shape index (κ3) is 5.43. The zero-order valence-corrected chi connectivity index (χ0v) is 21.5. The molecule has 1 N–H and O–H groups in total. The number of hydrogen-bond acceptors (Lipinski definition) is 7. The van der Waals surface area contributed by atoms with Gasteiger partial charge < -0.3 is 19.5 Å². The number of fused-ring (bicyclic) bond motifs is 1. The lowest BCUT2D eigenvalue weighted by atomic mass is 10.1. The minimum Gasteiger partial charge on any atom is -0.493 e. The maximum atomic E-state index is 5.48. The van der Waals surface area contributed by atoms with E-state index in [0.29, 0.717) is 23.1 Å². The molecule has 0 aliphatic heterocycles. The van der Waals surface area contributed by atoms with Gasteiger partial charge in [-0.15, -0.1) is 0 Å². The van der Waals surface area contributed by atoms with Crippen LogP contribution in [0.2, 0.25) is 0 Å². The van der Waals surface area contributed by atoms with E-state index in [1.807, 2.05) is 42.1 Å². The van der Waals surface area contributed by atoms with Crippen LogP contribution in [0.15, 0.2) is 42.5 Å². The lowest BCUT2D eigenvalue weighted by molar-refractivity contribution is 0.324. The van der Waals surface area contributed by atoms with Gasteiger partial charge >= 0.3 is 0 Å². The van der Waals surface area contributed by atoms with Crippen LogP contribution in [0.5, 0.6) is 17.2 Å². The first-order chi connectivity index (χ1) is 17.6. The zero-order valence-electron chi connectivity index (χ0n) is 21.5. The lowest BCUT2D eigenvalue weighted by Crippen LogP contribution is -2.09. The third-order valence-electron chi connectivity index (χ3n) is 5.92. The van der Waals surface area contributed by atoms with Crippen molar-refractivity contribution < 1.29 is 14.2 Å². The molecule has 188 valence electrons. The number of anilines is 1. The summed E-state index contributed by atoms with van der Waals surface area (Å²) in [5, 5.41) is 8.25. The number of benzene rings is 2. The number of methoxy groups -OCH3 is 3. The van der Waals surface area contributed by atoms with E-state index in [0.717, 1.165) is 53.9 Å². The molecule has 0 saturated carbocycles. The standard InChI is InChI=1S/C28H33N5O3/c1-6-10-21-25-26(33(2)32-21)28(29-16-15-19-11-8-7-9-12-19)31-24(30-25)14-13-20-17-22(34-3)27(36-5)23(18-20)35-4/h7-9,11-14,17-18H,6,10,15-16H2,1-5H3,(H,29,30,31)/b14-13+. The predicted molar refractivity (Wildman–Crippen MR) is 144 cm³/mol. The highest BCUT2D eigenvalue weighted by Crippen LogP contribution is 2.38. The number of nitrogens with zero attached hydrogens (tertiary/aromatic N) is 4. The molecule has 2 aromatic carbocycles. The van der Waals surface area contributed by atoms with Gasteiger partial charge in [-0.1, -0.05) is 49.8 Å². The Morgan fingerprint density at radius 2 is 1.64 bits per heavy atom. The highest BCUT2D eigenvalue weighted by Gasteiger charge is 2.17. The molecule has 0 spiro atoms. The van der Waals surface area contributed by atoms with Crippen molar-refractivity contribution in [3.8, 4) is 17.2 Å². The molecule has 0 radical (unpaired) electrons. The fourth-order valence-electron chi connectivity index (χ4n) is 4.20. The molecule has 0 fully saturated rings. The van der Waals surface area contributed by atoms with Gasteiger partial charge in [0, 0.05) is 13.6 Å². The quantitative estimate of drug-likeness (QED) is 0.313. The second kappa shape index (κ2) is 11.6. The van der Waals surface area contributed by atoms with Crippen LogP contribution in [-0.2, 0) is 19.9 Å². The van der Waals surface area contributed by atoms with Gasteiger partial charge in [0.05, 0.1) is 27.0 Å². The van der Waals surface area contributed by atoms with Gasteiger partial charge in [0.1, 0.15) is 11.0 Å². The Morgan fingerprint density at radius 3 is 2.28 bits per heavy atom. The molecule has 8 nitrogen and oxygen atoms in total. The fraction of sp³-hybridized carbons (Fsp3) is 0.321. The summed E-state index contributed by atoms with van der Waals surface area (Å²) >= 11 is 0. The van der Waals surface area contributed by atoms with Crippen molar-refractivity contribution in [2.45, 2.75) is 26.2 Å². The Kier molecular flexibility index (Phi) is 8.05. The number of ether oxygens (including phenoxy) is 3. The van der Waals surface area contributed by atoms with Crippen LogP contribution in [0.25, 0.3) is 23.2 Å². The summed E-state index contributed by atoms with van der Waals surface area (Å²) in [5.74, 6) is 3.11. The van der Waals surface area contributed by atoms with Crippen molar-refractivity contribution in [2.24, 2.45) is 7.05 Å². The van der Waals surface area contributed by atoms with Crippen molar-refractivity contribution in [3.05, 3.63) is 65.1 Å². The van der Waals surface area contributed by atoms with E-state index in [4.69, 9.17) is 29.3 Å². The van der Waals surface area contributed by atoms with Crippen LogP contribution >= 0.6 is 0 Å². The lowest BCUT2D eigenvalue weighted by Gasteiger charge is -2.12. The molecule has 36 heavy (non-hydrogen) atoms. The molecule has 2 heterocycles. The molecule has 4 aromatic rings. The topological polar surface area (TPSA) is 83.3 Å². The molecule has 4 rings (SSSR count). The smallest absolute Gasteiger partial charge is 0.203 e. The minimum absolute atomic E-state index is 0.555. The Hall–Kier alpha value is -4.07. The van der Waals surface area contributed by atoms with Crippen molar-refractivity contribution >= 4 is 29.0 Å². The van der Waals surface area contributed by atoms with Gasteiger partial charge in [0.25, 0.3) is 0 Å². The number of aryl methyl sites for hydroxylation is 2. The van der Waals surface area contributed by atoms with E-state index in [-0.39, 0.29) is 0 Å². The highest BCUT2D eigenvalue weighted by molar-refractivity contribution is 5.89. The molecular formula is C28H33N5O3. The molecule has 0 amide bonds. The molecule has 0 unspecified atom stereocenters. The summed E-state index contributed by atoms with van der Waals surface area (Å²) in [6.07, 6.45) is 6.57. The second-order valence-corrected chi connectivity index (χ2v) is 8.40. The first-order valence-electron chi connectivity index (χ1n) is 12.1. The average Bonchev–Trinajstić information content (AvgIpc) is 3.22. The van der Waals surface area contributed by atoms with Gasteiger partial charge in [0.15, 0.2) is 23.1 Å². The largest absolute Gasteiger partial charge is 0.493 e. The van der Waals surface area contributed by atoms with E-state index < -0.39 is 0 Å². The van der Waals surface area contributed by atoms with Crippen LogP contribution in [0.1, 0.15) is 36.0 Å². The molecular weight excluding hydrogens is 454 g/mol. The zero-order chi connectivity index (χ0) is 25.5. The molecule has 8 heteroatoms. The number of aromatic nitrogens is 4. The number of hydrogen-bond donors (Lipinski definition) is 1. The Bertz CT molecular complexity index is 1320. The number of rotatable bonds is 11. The SMILES string of the molecule is CCCc1nn(C)c2c(NCCc3ccccc3)nc(/C=C/c3cc(OC)c(OC)c(OC)c3)nc12. The van der Waals surface area contributed by atoms with Gasteiger partial charge in [-0.25, -0.2) is 9.97 Å². The monoisotopic (exact) mass is 487 g/mol. The summed E-state index contributed by atoms with van der Waals surface area (Å²) in [6, 6.07) is 14.2. The normalized spacial score (nSPS) is 11.2. The molecule has 0 aliphatic rings. The summed E-state index contributed by atoms with van der Waals surface area (Å²) in [6.45, 7) is 2.90. The van der Waals surface area contributed by atoms with E-state index in [2.05, 4.69) is 36.5 Å². The summed E-state index contributed by atoms with van der Waals surface area (Å²) in [4.78, 5) is 9.71. The van der Waals surface area contributed by atoms with Gasteiger partial charge in [-0.05, 0) is 42.2 Å². The fourth-order valence-corrected chi connectivity index (χ4v) is 4.20. The minimum atomic E-state index is 0.555. The van der Waals surface area contributed by atoms with Crippen molar-refractivity contribution in [2.75, 3.05) is 33.2 Å². The van der Waals surface area contributed by atoms with Gasteiger partial charge in [0.2, 0.25) is 5.75 Å². The van der Waals surface area contributed by atoms with E-state index in [9.17, 15) is 0 Å². The molecule has 0 bridgehead atoms. The van der Waals surface area contributed by atoms with Crippen molar-refractivity contribution in [3.63, 3.8) is 0 Å². The number of nitrogens with one attached hydrogen (secondary N) is 1. The van der Waals surface area contributed by atoms with Crippen molar-refractivity contribution in [1.82, 2.24) is 19.7 Å². The maximum Gasteiger partial charge on any atom is 0.203 e. The molecule has 0 atom stereocenters. The van der Waals surface area contributed by atoms with Crippen LogP contribution in [0.3, 0.4) is 0 Å². The average molecular weight is 488 g/mol. The summed E-state index contributed by atoms with van der Waals surface area (Å²) in [7, 11) is 6.74. The maximum absolute atomic E-state index is 5.48. The van der Waals surface area contributed by atoms with E-state index in [1.165, 1.54) is 5.56 Å². The van der Waals surface area contributed by atoms with Crippen molar-refractivity contribution in [1.29, 1.82) is 0 Å².